The van der Waals surface area contributed by atoms with Crippen molar-refractivity contribution in [1.29, 1.82) is 0 Å². The van der Waals surface area contributed by atoms with Gasteiger partial charge in [0.2, 0.25) is 0 Å². The van der Waals surface area contributed by atoms with Crippen molar-refractivity contribution in [1.82, 2.24) is 0 Å². The number of hydrogen-bond acceptors (Lipinski definition) is 3. The maximum Gasteiger partial charge on any atom is 0.495 e. The summed E-state index contributed by atoms with van der Waals surface area (Å²) in [5.74, 6) is 0. The summed E-state index contributed by atoms with van der Waals surface area (Å²) in [6, 6.07) is 6.03. The maximum atomic E-state index is 10.8. The summed E-state index contributed by atoms with van der Waals surface area (Å²) >= 11 is 0. The predicted molar refractivity (Wildman–Crippen MR) is 76.7 cm³/mol. The van der Waals surface area contributed by atoms with Gasteiger partial charge >= 0.3 is 7.12 Å². The van der Waals surface area contributed by atoms with Gasteiger partial charge in [0.1, 0.15) is 6.29 Å². The van der Waals surface area contributed by atoms with Crippen LogP contribution in [0, 0.1) is 6.92 Å². The van der Waals surface area contributed by atoms with E-state index in [1.807, 2.05) is 52.8 Å². The summed E-state index contributed by atoms with van der Waals surface area (Å²) in [6.07, 6.45) is 1.30. The van der Waals surface area contributed by atoms with Crippen LogP contribution >= 0.6 is 0 Å². The Labute approximate surface area is 115 Å². The van der Waals surface area contributed by atoms with Crippen LogP contribution in [0.5, 0.6) is 0 Å². The number of rotatable bonds is 3. The van der Waals surface area contributed by atoms with Crippen molar-refractivity contribution in [3.63, 3.8) is 0 Å². The third-order valence-corrected chi connectivity index (χ3v) is 4.11. The van der Waals surface area contributed by atoms with Crippen molar-refractivity contribution in [3.8, 4) is 0 Å². The van der Waals surface area contributed by atoms with Crippen molar-refractivity contribution in [2.45, 2.75) is 52.2 Å². The van der Waals surface area contributed by atoms with E-state index in [9.17, 15) is 4.79 Å². The number of aldehydes is 1. The molecule has 3 nitrogen and oxygen atoms in total. The summed E-state index contributed by atoms with van der Waals surface area (Å²) in [6.45, 7) is 10.1. The third-order valence-electron chi connectivity index (χ3n) is 4.11. The van der Waals surface area contributed by atoms with Gasteiger partial charge in [-0.2, -0.15) is 0 Å². The highest BCUT2D eigenvalue weighted by atomic mass is 16.7. The highest BCUT2D eigenvalue weighted by Gasteiger charge is 2.52. The van der Waals surface area contributed by atoms with Gasteiger partial charge in [-0.1, -0.05) is 23.8 Å². The molecule has 0 saturated carbocycles. The Balaban J connectivity index is 2.38. The fourth-order valence-corrected chi connectivity index (χ4v) is 2.18. The molecule has 0 aliphatic carbocycles. The number of benzene rings is 1. The van der Waals surface area contributed by atoms with Crippen LogP contribution in [-0.4, -0.2) is 24.6 Å². The molecule has 19 heavy (non-hydrogen) atoms. The predicted octanol–water partition coefficient (Wildman–Crippen LogP) is 2.04. The molecule has 1 saturated heterocycles. The average Bonchev–Trinajstić information content (AvgIpc) is 2.51. The topological polar surface area (TPSA) is 35.5 Å². The van der Waals surface area contributed by atoms with Crippen LogP contribution in [0.1, 0.15) is 38.8 Å². The first-order valence-electron chi connectivity index (χ1n) is 6.65. The maximum absolute atomic E-state index is 10.8. The zero-order valence-corrected chi connectivity index (χ0v) is 12.3. The zero-order chi connectivity index (χ0) is 14.3. The molecule has 1 fully saturated rings. The molecule has 0 aromatic heterocycles. The Kier molecular flexibility index (Phi) is 3.58. The molecule has 0 amide bonds. The molecule has 102 valence electrons. The van der Waals surface area contributed by atoms with Gasteiger partial charge in [0.25, 0.3) is 0 Å². The minimum absolute atomic E-state index is 0.361. The smallest absolute Gasteiger partial charge is 0.399 e. The van der Waals surface area contributed by atoms with E-state index < -0.39 is 7.12 Å². The molecule has 0 spiro atoms. The van der Waals surface area contributed by atoms with E-state index in [-0.39, 0.29) is 11.2 Å². The lowest BCUT2D eigenvalue weighted by atomic mass is 9.74. The summed E-state index contributed by atoms with van der Waals surface area (Å²) < 4.78 is 12.1. The van der Waals surface area contributed by atoms with Crippen molar-refractivity contribution in [2.24, 2.45) is 0 Å². The molecule has 2 rings (SSSR count). The molecule has 4 heteroatoms. The lowest BCUT2D eigenvalue weighted by Crippen LogP contribution is -2.41. The first-order chi connectivity index (χ1) is 8.77. The van der Waals surface area contributed by atoms with E-state index in [2.05, 4.69) is 0 Å². The quantitative estimate of drug-likeness (QED) is 0.616. The van der Waals surface area contributed by atoms with Crippen LogP contribution in [0.4, 0.5) is 0 Å². The molecule has 1 aromatic rings. The molecule has 0 radical (unpaired) electrons. The minimum atomic E-state index is -0.403. The first-order valence-corrected chi connectivity index (χ1v) is 6.65. The lowest BCUT2D eigenvalue weighted by molar-refractivity contribution is -0.107. The Bertz CT molecular complexity index is 478. The third kappa shape index (κ3) is 2.60. The number of carbonyl (C=O) groups excluding carboxylic acids is 1. The van der Waals surface area contributed by atoms with Crippen LogP contribution in [-0.2, 0) is 20.5 Å². The van der Waals surface area contributed by atoms with Gasteiger partial charge in [-0.3, -0.25) is 0 Å². The van der Waals surface area contributed by atoms with E-state index in [1.54, 1.807) is 0 Å². The van der Waals surface area contributed by atoms with Crippen molar-refractivity contribution < 1.29 is 14.1 Å². The van der Waals surface area contributed by atoms with E-state index >= 15 is 0 Å². The van der Waals surface area contributed by atoms with Gasteiger partial charge in [0.15, 0.2) is 0 Å². The van der Waals surface area contributed by atoms with Crippen molar-refractivity contribution in [3.05, 3.63) is 29.3 Å². The zero-order valence-electron chi connectivity index (χ0n) is 12.3. The second kappa shape index (κ2) is 4.76. The van der Waals surface area contributed by atoms with Crippen LogP contribution in [0.25, 0.3) is 0 Å². The molecule has 1 aliphatic rings. The van der Waals surface area contributed by atoms with Crippen LogP contribution in [0.3, 0.4) is 0 Å². The largest absolute Gasteiger partial charge is 0.495 e. The minimum Gasteiger partial charge on any atom is -0.399 e. The van der Waals surface area contributed by atoms with Gasteiger partial charge in [-0.15, -0.1) is 0 Å². The Morgan fingerprint density at radius 3 is 2.26 bits per heavy atom. The van der Waals surface area contributed by atoms with Gasteiger partial charge in [0.05, 0.1) is 11.2 Å². The highest BCUT2D eigenvalue weighted by Crippen LogP contribution is 2.36. The number of carbonyl (C=O) groups is 1. The Morgan fingerprint density at radius 2 is 1.74 bits per heavy atom. The van der Waals surface area contributed by atoms with Crippen LogP contribution in [0.2, 0.25) is 0 Å². The number of hydrogen-bond donors (Lipinski definition) is 0. The van der Waals surface area contributed by atoms with E-state index in [4.69, 9.17) is 9.31 Å². The standard InChI is InChI=1S/C15H21BO3/c1-11-6-7-12(8-9-17)13(10-11)16-18-14(2,3)15(4,5)19-16/h6-7,9-10H,8H2,1-5H3. The van der Waals surface area contributed by atoms with Gasteiger partial charge in [-0.25, -0.2) is 0 Å². The summed E-state index contributed by atoms with van der Waals surface area (Å²) in [5.41, 5.74) is 2.35. The number of aryl methyl sites for hydroxylation is 1. The molecule has 0 bridgehead atoms. The molecule has 0 atom stereocenters. The highest BCUT2D eigenvalue weighted by molar-refractivity contribution is 6.62. The summed E-state index contributed by atoms with van der Waals surface area (Å²) in [7, 11) is -0.403. The van der Waals surface area contributed by atoms with Crippen LogP contribution in [0.15, 0.2) is 18.2 Å². The fraction of sp³-hybridized carbons (Fsp3) is 0.533. The SMILES string of the molecule is Cc1ccc(CC=O)c(B2OC(C)(C)C(C)(C)O2)c1. The lowest BCUT2D eigenvalue weighted by Gasteiger charge is -2.32. The van der Waals surface area contributed by atoms with E-state index in [0.717, 1.165) is 22.9 Å². The van der Waals surface area contributed by atoms with E-state index in [0.29, 0.717) is 6.42 Å². The molecule has 1 aromatic carbocycles. The molecule has 0 N–H and O–H groups in total. The average molecular weight is 260 g/mol. The normalized spacial score (nSPS) is 20.6. The van der Waals surface area contributed by atoms with Crippen molar-refractivity contribution >= 4 is 18.9 Å². The summed E-state index contributed by atoms with van der Waals surface area (Å²) in [4.78, 5) is 10.8. The van der Waals surface area contributed by atoms with Gasteiger partial charge in [0, 0.05) is 6.42 Å². The van der Waals surface area contributed by atoms with Crippen LogP contribution < -0.4 is 5.46 Å². The second-order valence-corrected chi connectivity index (χ2v) is 6.16. The summed E-state index contributed by atoms with van der Waals surface area (Å²) in [5, 5.41) is 0. The van der Waals surface area contributed by atoms with E-state index in [1.165, 1.54) is 0 Å². The molecular formula is C15H21BO3. The molecular weight excluding hydrogens is 239 g/mol. The molecule has 1 heterocycles. The molecule has 1 aliphatic heterocycles. The fourth-order valence-electron chi connectivity index (χ4n) is 2.18. The Hall–Kier alpha value is -1.13. The second-order valence-electron chi connectivity index (χ2n) is 6.16. The van der Waals surface area contributed by atoms with Gasteiger partial charge < -0.3 is 14.1 Å². The first kappa shape index (κ1) is 14.3. The van der Waals surface area contributed by atoms with Gasteiger partial charge in [-0.05, 0) is 45.6 Å². The molecule has 0 unspecified atom stereocenters. The Morgan fingerprint density at radius 1 is 1.16 bits per heavy atom. The monoisotopic (exact) mass is 260 g/mol. The van der Waals surface area contributed by atoms with Crippen molar-refractivity contribution in [2.75, 3.05) is 0 Å².